The highest BCUT2D eigenvalue weighted by Crippen LogP contribution is 2.56. The molecule has 4 nitrogen and oxygen atoms in total. The van der Waals surface area contributed by atoms with Crippen molar-refractivity contribution in [3.63, 3.8) is 0 Å². The molecule has 0 bridgehead atoms. The van der Waals surface area contributed by atoms with Crippen LogP contribution in [0.3, 0.4) is 0 Å². The van der Waals surface area contributed by atoms with Gasteiger partial charge in [0.1, 0.15) is 5.82 Å². The standard InChI is InChI=1S/C16H20N4/c1-11-9-13(15(17)19-10-11)14(20-18)16(7-8-16)12-5-3-2-4-6-12/h2-6,9-10,14,20H,7-8,18H2,1H3,(H2,17,19). The first-order chi connectivity index (χ1) is 9.67. The summed E-state index contributed by atoms with van der Waals surface area (Å²) >= 11 is 0. The van der Waals surface area contributed by atoms with E-state index in [1.807, 2.05) is 13.0 Å². The highest BCUT2D eigenvalue weighted by Gasteiger charge is 2.51. The molecule has 104 valence electrons. The van der Waals surface area contributed by atoms with Gasteiger partial charge < -0.3 is 5.73 Å². The molecule has 0 spiro atoms. The summed E-state index contributed by atoms with van der Waals surface area (Å²) in [5.74, 6) is 6.41. The molecule has 0 aliphatic heterocycles. The number of nitrogen functional groups attached to an aromatic ring is 1. The van der Waals surface area contributed by atoms with Gasteiger partial charge in [-0.05, 0) is 37.0 Å². The third kappa shape index (κ3) is 2.07. The van der Waals surface area contributed by atoms with Gasteiger partial charge in [0.25, 0.3) is 0 Å². The van der Waals surface area contributed by atoms with Crippen LogP contribution in [0.4, 0.5) is 5.82 Å². The van der Waals surface area contributed by atoms with Crippen molar-refractivity contribution in [2.45, 2.75) is 31.2 Å². The van der Waals surface area contributed by atoms with Crippen LogP contribution in [0.5, 0.6) is 0 Å². The van der Waals surface area contributed by atoms with Gasteiger partial charge >= 0.3 is 0 Å². The van der Waals surface area contributed by atoms with E-state index in [9.17, 15) is 0 Å². The second-order valence-electron chi connectivity index (χ2n) is 5.61. The third-order valence-corrected chi connectivity index (χ3v) is 4.25. The van der Waals surface area contributed by atoms with Crippen molar-refractivity contribution in [3.05, 3.63) is 59.3 Å². The Morgan fingerprint density at radius 2 is 1.95 bits per heavy atom. The lowest BCUT2D eigenvalue weighted by Crippen LogP contribution is -2.37. The van der Waals surface area contributed by atoms with Gasteiger partial charge in [-0.25, -0.2) is 4.98 Å². The fourth-order valence-corrected chi connectivity index (χ4v) is 3.03. The van der Waals surface area contributed by atoms with Crippen molar-refractivity contribution in [1.82, 2.24) is 10.4 Å². The first-order valence-electron chi connectivity index (χ1n) is 6.91. The number of aromatic nitrogens is 1. The normalized spacial score (nSPS) is 17.7. The molecule has 1 fully saturated rings. The van der Waals surface area contributed by atoms with E-state index in [-0.39, 0.29) is 11.5 Å². The number of nitrogens with two attached hydrogens (primary N) is 2. The van der Waals surface area contributed by atoms with E-state index < -0.39 is 0 Å². The maximum absolute atomic E-state index is 6.06. The number of pyridine rings is 1. The molecule has 1 aliphatic carbocycles. The second kappa shape index (κ2) is 4.89. The average molecular weight is 268 g/mol. The minimum Gasteiger partial charge on any atom is -0.383 e. The lowest BCUT2D eigenvalue weighted by atomic mass is 9.84. The predicted octanol–water partition coefficient (Wildman–Crippen LogP) is 2.21. The Morgan fingerprint density at radius 1 is 1.25 bits per heavy atom. The van der Waals surface area contributed by atoms with Gasteiger partial charge in [-0.3, -0.25) is 11.3 Å². The zero-order chi connectivity index (χ0) is 14.2. The number of benzene rings is 1. The Bertz CT molecular complexity index is 605. The molecular formula is C16H20N4. The molecular weight excluding hydrogens is 248 g/mol. The minimum absolute atomic E-state index is 0.00250. The molecule has 4 heteroatoms. The van der Waals surface area contributed by atoms with Gasteiger partial charge in [0, 0.05) is 17.2 Å². The summed E-state index contributed by atoms with van der Waals surface area (Å²) in [6, 6.07) is 12.6. The number of hydrogen-bond donors (Lipinski definition) is 3. The van der Waals surface area contributed by atoms with Crippen LogP contribution >= 0.6 is 0 Å². The van der Waals surface area contributed by atoms with Crippen LogP contribution in [-0.2, 0) is 5.41 Å². The summed E-state index contributed by atoms with van der Waals surface area (Å²) in [5.41, 5.74) is 12.5. The monoisotopic (exact) mass is 268 g/mol. The molecule has 5 N–H and O–H groups in total. The van der Waals surface area contributed by atoms with Gasteiger partial charge in [-0.1, -0.05) is 30.3 Å². The maximum Gasteiger partial charge on any atom is 0.128 e. The molecule has 0 amide bonds. The number of hydrogen-bond acceptors (Lipinski definition) is 4. The molecule has 1 aliphatic rings. The maximum atomic E-state index is 6.06. The van der Waals surface area contributed by atoms with Crippen LogP contribution in [0.1, 0.15) is 35.6 Å². The Morgan fingerprint density at radius 3 is 2.55 bits per heavy atom. The van der Waals surface area contributed by atoms with Crippen LogP contribution in [-0.4, -0.2) is 4.98 Å². The van der Waals surface area contributed by atoms with Crippen LogP contribution in [0.25, 0.3) is 0 Å². The van der Waals surface area contributed by atoms with E-state index in [2.05, 4.69) is 40.7 Å². The van der Waals surface area contributed by atoms with Gasteiger partial charge in [-0.15, -0.1) is 0 Å². The van der Waals surface area contributed by atoms with Crippen LogP contribution in [0.15, 0.2) is 42.6 Å². The van der Waals surface area contributed by atoms with Gasteiger partial charge in [0.15, 0.2) is 0 Å². The van der Waals surface area contributed by atoms with Crippen molar-refractivity contribution in [2.24, 2.45) is 5.84 Å². The summed E-state index contributed by atoms with van der Waals surface area (Å²) in [4.78, 5) is 4.26. The number of anilines is 1. The Hall–Kier alpha value is -1.91. The molecule has 1 aromatic carbocycles. The largest absolute Gasteiger partial charge is 0.383 e. The molecule has 0 radical (unpaired) electrons. The van der Waals surface area contributed by atoms with Crippen molar-refractivity contribution in [2.75, 3.05) is 5.73 Å². The van der Waals surface area contributed by atoms with Crippen molar-refractivity contribution in [1.29, 1.82) is 0 Å². The van der Waals surface area contributed by atoms with Gasteiger partial charge in [0.05, 0.1) is 6.04 Å². The zero-order valence-electron chi connectivity index (χ0n) is 11.6. The van der Waals surface area contributed by atoms with Gasteiger partial charge in [-0.2, -0.15) is 0 Å². The number of nitrogens with one attached hydrogen (secondary N) is 1. The van der Waals surface area contributed by atoms with E-state index in [0.717, 1.165) is 24.0 Å². The Labute approximate surface area is 119 Å². The van der Waals surface area contributed by atoms with Crippen molar-refractivity contribution >= 4 is 5.82 Å². The van der Waals surface area contributed by atoms with Crippen LogP contribution in [0, 0.1) is 6.92 Å². The van der Waals surface area contributed by atoms with Crippen LogP contribution in [0.2, 0.25) is 0 Å². The molecule has 2 aromatic rings. The molecule has 1 unspecified atom stereocenters. The minimum atomic E-state index is -0.00250. The molecule has 1 saturated carbocycles. The lowest BCUT2D eigenvalue weighted by Gasteiger charge is -2.28. The molecule has 3 rings (SSSR count). The molecule has 0 saturated heterocycles. The third-order valence-electron chi connectivity index (χ3n) is 4.25. The SMILES string of the molecule is Cc1cnc(N)c(C(NN)C2(c3ccccc3)CC2)c1. The lowest BCUT2D eigenvalue weighted by molar-refractivity contribution is 0.439. The first kappa shape index (κ1) is 13.1. The topological polar surface area (TPSA) is 77.0 Å². The van der Waals surface area contributed by atoms with Crippen LogP contribution < -0.4 is 17.0 Å². The number of aryl methyl sites for hydroxylation is 1. The van der Waals surface area contributed by atoms with Crippen molar-refractivity contribution in [3.8, 4) is 0 Å². The highest BCUT2D eigenvalue weighted by atomic mass is 15.2. The Balaban J connectivity index is 2.04. The summed E-state index contributed by atoms with van der Waals surface area (Å²) in [5, 5.41) is 0. The average Bonchev–Trinajstić information content (AvgIpc) is 3.26. The number of nitrogens with zero attached hydrogens (tertiary/aromatic N) is 1. The quantitative estimate of drug-likeness (QED) is 0.587. The molecule has 1 atom stereocenters. The summed E-state index contributed by atoms with van der Waals surface area (Å²) in [7, 11) is 0. The summed E-state index contributed by atoms with van der Waals surface area (Å²) in [6.45, 7) is 2.02. The number of hydrazine groups is 1. The number of rotatable bonds is 4. The van der Waals surface area contributed by atoms with E-state index >= 15 is 0 Å². The molecule has 20 heavy (non-hydrogen) atoms. The smallest absolute Gasteiger partial charge is 0.128 e. The fourth-order valence-electron chi connectivity index (χ4n) is 3.03. The Kier molecular flexibility index (Phi) is 3.20. The molecule has 1 aromatic heterocycles. The van der Waals surface area contributed by atoms with Gasteiger partial charge in [0.2, 0.25) is 0 Å². The molecule has 1 heterocycles. The van der Waals surface area contributed by atoms with Crippen molar-refractivity contribution < 1.29 is 0 Å². The fraction of sp³-hybridized carbons (Fsp3) is 0.312. The van der Waals surface area contributed by atoms with E-state index in [1.165, 1.54) is 5.56 Å². The van der Waals surface area contributed by atoms with E-state index in [1.54, 1.807) is 6.20 Å². The second-order valence-corrected chi connectivity index (χ2v) is 5.61. The first-order valence-corrected chi connectivity index (χ1v) is 6.91. The van der Waals surface area contributed by atoms with E-state index in [0.29, 0.717) is 5.82 Å². The zero-order valence-corrected chi connectivity index (χ0v) is 11.6. The van der Waals surface area contributed by atoms with E-state index in [4.69, 9.17) is 11.6 Å². The summed E-state index contributed by atoms with van der Waals surface area (Å²) < 4.78 is 0. The highest BCUT2D eigenvalue weighted by molar-refractivity contribution is 5.48. The predicted molar refractivity (Wildman–Crippen MR) is 80.8 cm³/mol. The summed E-state index contributed by atoms with van der Waals surface area (Å²) in [6.07, 6.45) is 4.01.